The van der Waals surface area contributed by atoms with Crippen LogP contribution >= 0.6 is 11.3 Å². The quantitative estimate of drug-likeness (QED) is 0.341. The van der Waals surface area contributed by atoms with Gasteiger partial charge in [-0.05, 0) is 46.7 Å². The molecule has 2 aromatic carbocycles. The predicted molar refractivity (Wildman–Crippen MR) is 149 cm³/mol. The highest BCUT2D eigenvalue weighted by atomic mass is 32.1. The third-order valence-electron chi connectivity index (χ3n) is 6.50. The van der Waals surface area contributed by atoms with Crippen molar-refractivity contribution in [1.29, 1.82) is 0 Å². The van der Waals surface area contributed by atoms with Crippen LogP contribution in [-0.4, -0.2) is 60.1 Å². The third kappa shape index (κ3) is 5.49. The molecule has 37 heavy (non-hydrogen) atoms. The summed E-state index contributed by atoms with van der Waals surface area (Å²) in [5.74, 6) is 0.359. The summed E-state index contributed by atoms with van der Waals surface area (Å²) in [7, 11) is 1.58. The molecule has 0 bridgehead atoms. The van der Waals surface area contributed by atoms with Crippen molar-refractivity contribution in [3.63, 3.8) is 0 Å². The topological polar surface area (TPSA) is 102 Å². The first-order chi connectivity index (χ1) is 18.0. The van der Waals surface area contributed by atoms with E-state index in [4.69, 9.17) is 0 Å². The summed E-state index contributed by atoms with van der Waals surface area (Å²) in [6.07, 6.45) is 0. The van der Waals surface area contributed by atoms with Crippen molar-refractivity contribution in [3.8, 4) is 0 Å². The second kappa shape index (κ2) is 10.8. The summed E-state index contributed by atoms with van der Waals surface area (Å²) in [6, 6.07) is 18.2. The van der Waals surface area contributed by atoms with Crippen LogP contribution < -0.4 is 20.9 Å². The smallest absolute Gasteiger partial charge is 0.273 e. The molecule has 190 valence electrons. The van der Waals surface area contributed by atoms with E-state index < -0.39 is 0 Å². The van der Waals surface area contributed by atoms with Gasteiger partial charge in [0.2, 0.25) is 5.91 Å². The van der Waals surface area contributed by atoms with Crippen LogP contribution in [-0.2, 0) is 11.3 Å². The van der Waals surface area contributed by atoms with E-state index in [0.717, 1.165) is 43.1 Å². The molecule has 3 heterocycles. The van der Waals surface area contributed by atoms with Gasteiger partial charge in [0.25, 0.3) is 5.91 Å². The Labute approximate surface area is 219 Å². The largest absolute Gasteiger partial charge is 0.379 e. The summed E-state index contributed by atoms with van der Waals surface area (Å²) < 4.78 is 1.22. The van der Waals surface area contributed by atoms with Crippen molar-refractivity contribution in [3.05, 3.63) is 71.2 Å². The van der Waals surface area contributed by atoms with Gasteiger partial charge < -0.3 is 25.8 Å². The number of anilines is 4. The van der Waals surface area contributed by atoms with Crippen molar-refractivity contribution < 1.29 is 9.59 Å². The molecule has 5 rings (SSSR count). The number of hydrogen-bond acceptors (Lipinski definition) is 8. The summed E-state index contributed by atoms with van der Waals surface area (Å²) in [4.78, 5) is 28.2. The van der Waals surface area contributed by atoms with Crippen molar-refractivity contribution >= 4 is 56.1 Å². The Bertz CT molecular complexity index is 1410. The average molecular weight is 516 g/mol. The minimum atomic E-state index is -0.301. The van der Waals surface area contributed by atoms with Gasteiger partial charge in [-0.2, -0.15) is 0 Å². The molecular weight excluding hydrogens is 486 g/mol. The van der Waals surface area contributed by atoms with Gasteiger partial charge in [-0.1, -0.05) is 18.2 Å². The van der Waals surface area contributed by atoms with Crippen LogP contribution in [0.3, 0.4) is 0 Å². The van der Waals surface area contributed by atoms with E-state index >= 15 is 0 Å². The zero-order valence-corrected chi connectivity index (χ0v) is 21.6. The molecule has 1 aliphatic rings. The van der Waals surface area contributed by atoms with Crippen LogP contribution in [0.4, 0.5) is 22.9 Å². The Kier molecular flexibility index (Phi) is 7.18. The lowest BCUT2D eigenvalue weighted by atomic mass is 10.1. The summed E-state index contributed by atoms with van der Waals surface area (Å²) >= 11 is 1.70. The molecule has 4 aromatic rings. The maximum atomic E-state index is 12.4. The second-order valence-corrected chi connectivity index (χ2v) is 9.76. The number of benzene rings is 2. The lowest BCUT2D eigenvalue weighted by Crippen LogP contribution is -2.48. The van der Waals surface area contributed by atoms with Gasteiger partial charge in [0.1, 0.15) is 0 Å². The Morgan fingerprint density at radius 1 is 1.00 bits per heavy atom. The number of thiophene rings is 1. The number of nitrogens with zero attached hydrogens (tertiary/aromatic N) is 4. The fraction of sp³-hybridized carbons (Fsp3) is 0.259. The van der Waals surface area contributed by atoms with Crippen LogP contribution in [0, 0.1) is 0 Å². The number of hydrogen-bond donors (Lipinski definition) is 3. The number of nitrogens with one attached hydrogen (secondary N) is 3. The molecule has 2 aromatic heterocycles. The van der Waals surface area contributed by atoms with Gasteiger partial charge >= 0.3 is 0 Å². The Hall–Kier alpha value is -4.18. The van der Waals surface area contributed by atoms with Crippen LogP contribution in [0.15, 0.2) is 60.0 Å². The van der Waals surface area contributed by atoms with E-state index in [9.17, 15) is 9.59 Å². The maximum Gasteiger partial charge on any atom is 0.273 e. The average Bonchev–Trinajstić information content (AvgIpc) is 3.42. The highest BCUT2D eigenvalue weighted by Crippen LogP contribution is 2.27. The number of amides is 2. The molecule has 0 aliphatic carbocycles. The first-order valence-corrected chi connectivity index (χ1v) is 13.1. The molecule has 1 saturated heterocycles. The van der Waals surface area contributed by atoms with Crippen LogP contribution in [0.25, 0.3) is 10.1 Å². The summed E-state index contributed by atoms with van der Waals surface area (Å²) in [6.45, 7) is 5.27. The van der Waals surface area contributed by atoms with E-state index in [2.05, 4.69) is 66.8 Å². The molecule has 0 spiro atoms. The number of rotatable bonds is 7. The molecule has 1 fully saturated rings. The first kappa shape index (κ1) is 24.5. The van der Waals surface area contributed by atoms with Crippen LogP contribution in [0.5, 0.6) is 0 Å². The zero-order valence-electron chi connectivity index (χ0n) is 20.8. The minimum Gasteiger partial charge on any atom is -0.379 e. The molecule has 0 radical (unpaired) electrons. The molecule has 0 saturated carbocycles. The molecule has 0 unspecified atom stereocenters. The second-order valence-electron chi connectivity index (χ2n) is 8.85. The van der Waals surface area contributed by atoms with Gasteiger partial charge in [0.15, 0.2) is 11.5 Å². The fourth-order valence-corrected chi connectivity index (χ4v) is 5.36. The van der Waals surface area contributed by atoms with E-state index in [-0.39, 0.29) is 17.5 Å². The van der Waals surface area contributed by atoms with Gasteiger partial charge in [0.05, 0.1) is 5.69 Å². The Balaban J connectivity index is 1.30. The predicted octanol–water partition coefficient (Wildman–Crippen LogP) is 4.08. The van der Waals surface area contributed by atoms with Crippen molar-refractivity contribution in [2.75, 3.05) is 48.8 Å². The molecule has 3 N–H and O–H groups in total. The van der Waals surface area contributed by atoms with E-state index in [1.165, 1.54) is 10.1 Å². The summed E-state index contributed by atoms with van der Waals surface area (Å²) in [5, 5.41) is 21.0. The van der Waals surface area contributed by atoms with Gasteiger partial charge in [-0.3, -0.25) is 9.59 Å². The Morgan fingerprint density at radius 3 is 2.51 bits per heavy atom. The number of piperazine rings is 1. The zero-order chi connectivity index (χ0) is 25.8. The lowest BCUT2D eigenvalue weighted by Gasteiger charge is -2.35. The highest BCUT2D eigenvalue weighted by Gasteiger charge is 2.19. The van der Waals surface area contributed by atoms with E-state index in [1.54, 1.807) is 31.4 Å². The van der Waals surface area contributed by atoms with Crippen LogP contribution in [0.2, 0.25) is 0 Å². The van der Waals surface area contributed by atoms with Crippen molar-refractivity contribution in [2.24, 2.45) is 0 Å². The normalized spacial score (nSPS) is 13.5. The monoisotopic (exact) mass is 515 g/mol. The lowest BCUT2D eigenvalue weighted by molar-refractivity contribution is -0.129. The van der Waals surface area contributed by atoms with E-state index in [1.807, 2.05) is 23.1 Å². The Morgan fingerprint density at radius 2 is 1.78 bits per heavy atom. The highest BCUT2D eigenvalue weighted by molar-refractivity contribution is 7.17. The molecule has 1 aliphatic heterocycles. The van der Waals surface area contributed by atoms with Crippen molar-refractivity contribution in [1.82, 2.24) is 20.4 Å². The fourth-order valence-electron chi connectivity index (χ4n) is 4.44. The first-order valence-electron chi connectivity index (χ1n) is 12.2. The molecule has 2 amide bonds. The van der Waals surface area contributed by atoms with Crippen molar-refractivity contribution in [2.45, 2.75) is 13.5 Å². The van der Waals surface area contributed by atoms with Gasteiger partial charge in [-0.15, -0.1) is 21.5 Å². The number of carbonyl (C=O) groups is 2. The molecule has 10 heteroatoms. The number of fused-ring (bicyclic) bond motifs is 1. The summed E-state index contributed by atoms with van der Waals surface area (Å²) in [5.41, 5.74) is 3.97. The van der Waals surface area contributed by atoms with Crippen LogP contribution in [0.1, 0.15) is 23.0 Å². The SMILES string of the molecule is CNC(=O)c1nnc(Nc2ccc(N3CCN(C(C)=O)CC3)cc2)cc1NCc1cccc2ccsc12. The minimum absolute atomic E-state index is 0.125. The maximum absolute atomic E-state index is 12.4. The molecule has 9 nitrogen and oxygen atoms in total. The number of carbonyl (C=O) groups excluding carboxylic acids is 2. The third-order valence-corrected chi connectivity index (χ3v) is 7.50. The van der Waals surface area contributed by atoms with Gasteiger partial charge in [0, 0.05) is 68.8 Å². The molecule has 0 atom stereocenters. The molecular formula is C27H29N7O2S. The van der Waals surface area contributed by atoms with E-state index in [0.29, 0.717) is 18.1 Å². The van der Waals surface area contributed by atoms with Gasteiger partial charge in [-0.25, -0.2) is 0 Å². The standard InChI is InChI=1S/C27H29N7O2S/c1-18(35)33-11-13-34(14-12-33)22-8-6-21(7-9-22)30-24-16-23(25(32-31-24)27(36)28-2)29-17-20-5-3-4-19-10-15-37-26(19)20/h3-10,15-16H,11-14,17H2,1-2H3,(H,28,36)(H2,29,30,31). The number of aromatic nitrogens is 2.